The van der Waals surface area contributed by atoms with Crippen molar-refractivity contribution < 1.29 is 18.3 Å². The molecule has 1 aliphatic carbocycles. The first-order chi connectivity index (χ1) is 14.0. The lowest BCUT2D eigenvalue weighted by Gasteiger charge is -2.46. The van der Waals surface area contributed by atoms with Gasteiger partial charge in [-0.2, -0.15) is 0 Å². The van der Waals surface area contributed by atoms with Crippen molar-refractivity contribution in [2.24, 2.45) is 11.8 Å². The van der Waals surface area contributed by atoms with Crippen molar-refractivity contribution in [3.63, 3.8) is 0 Å². The molecule has 5 rings (SSSR count). The third-order valence-corrected chi connectivity index (χ3v) is 5.90. The monoisotopic (exact) mass is 397 g/mol. The smallest absolute Gasteiger partial charge is 0.232 e. The standard InChI is InChI=1S/C22H21F2N3O2/c1-12-21(27(22(12)28)14-4-5-18-19(8-14)26-11-25-18)20-16(23)9-15(10-17(20)24)29-7-6-13-2-3-13/h4-5,8-13,21H,2-3,6-7H2,1H3,(H,25,26)/t12-,21?/m1/s1. The van der Waals surface area contributed by atoms with Gasteiger partial charge in [-0.25, -0.2) is 13.8 Å². The Balaban J connectivity index is 1.43. The molecule has 1 saturated carbocycles. The van der Waals surface area contributed by atoms with Crippen LogP contribution in [0.5, 0.6) is 5.75 Å². The molecule has 1 unspecified atom stereocenters. The molecule has 1 amide bonds. The predicted molar refractivity (Wildman–Crippen MR) is 105 cm³/mol. The first-order valence-corrected chi connectivity index (χ1v) is 9.91. The minimum absolute atomic E-state index is 0.103. The van der Waals surface area contributed by atoms with E-state index in [2.05, 4.69) is 9.97 Å². The predicted octanol–water partition coefficient (Wildman–Crippen LogP) is 4.74. The van der Waals surface area contributed by atoms with Crippen molar-refractivity contribution in [3.05, 3.63) is 53.9 Å². The topological polar surface area (TPSA) is 58.2 Å². The number of carbonyl (C=O) groups is 1. The number of β-lactam (4-membered cyclic amide) rings is 1. The Labute approximate surface area is 166 Å². The maximum Gasteiger partial charge on any atom is 0.232 e. The zero-order valence-electron chi connectivity index (χ0n) is 16.0. The van der Waals surface area contributed by atoms with Crippen molar-refractivity contribution in [2.75, 3.05) is 11.5 Å². The molecule has 2 fully saturated rings. The molecule has 2 aliphatic rings. The second-order valence-corrected chi connectivity index (χ2v) is 7.93. The molecular weight excluding hydrogens is 376 g/mol. The number of fused-ring (bicyclic) bond motifs is 1. The van der Waals surface area contributed by atoms with Crippen LogP contribution in [0.15, 0.2) is 36.7 Å². The van der Waals surface area contributed by atoms with Crippen LogP contribution in [0.3, 0.4) is 0 Å². The number of hydrogen-bond donors (Lipinski definition) is 1. The molecule has 1 aromatic heterocycles. The van der Waals surface area contributed by atoms with E-state index >= 15 is 0 Å². The number of ether oxygens (including phenoxy) is 1. The molecule has 2 aromatic carbocycles. The minimum Gasteiger partial charge on any atom is -0.493 e. The summed E-state index contributed by atoms with van der Waals surface area (Å²) in [6.07, 6.45) is 4.88. The average molecular weight is 397 g/mol. The summed E-state index contributed by atoms with van der Waals surface area (Å²) < 4.78 is 35.3. The number of imidazole rings is 1. The van der Waals surface area contributed by atoms with Gasteiger partial charge in [-0.1, -0.05) is 19.8 Å². The fraction of sp³-hybridized carbons (Fsp3) is 0.364. The Hall–Kier alpha value is -2.96. The Kier molecular flexibility index (Phi) is 4.26. The molecule has 0 spiro atoms. The van der Waals surface area contributed by atoms with Gasteiger partial charge in [0.1, 0.15) is 17.4 Å². The molecule has 150 valence electrons. The van der Waals surface area contributed by atoms with Crippen LogP contribution in [0.25, 0.3) is 11.0 Å². The highest BCUT2D eigenvalue weighted by Gasteiger charge is 2.48. The van der Waals surface area contributed by atoms with Crippen LogP contribution in [0.4, 0.5) is 14.5 Å². The number of hydrogen-bond acceptors (Lipinski definition) is 3. The van der Waals surface area contributed by atoms with Gasteiger partial charge in [0.05, 0.1) is 35.9 Å². The number of carbonyl (C=O) groups excluding carboxylic acids is 1. The maximum absolute atomic E-state index is 14.9. The van der Waals surface area contributed by atoms with E-state index in [4.69, 9.17) is 4.74 Å². The molecule has 1 aliphatic heterocycles. The number of rotatable bonds is 6. The van der Waals surface area contributed by atoms with Crippen molar-refractivity contribution >= 4 is 22.6 Å². The Morgan fingerprint density at radius 3 is 2.69 bits per heavy atom. The number of H-pyrrole nitrogens is 1. The number of amides is 1. The van der Waals surface area contributed by atoms with Crippen LogP contribution >= 0.6 is 0 Å². The van der Waals surface area contributed by atoms with Crippen molar-refractivity contribution in [2.45, 2.75) is 32.2 Å². The highest BCUT2D eigenvalue weighted by molar-refractivity contribution is 6.04. The quantitative estimate of drug-likeness (QED) is 0.611. The van der Waals surface area contributed by atoms with E-state index in [0.29, 0.717) is 23.7 Å². The molecule has 0 bridgehead atoms. The summed E-state index contributed by atoms with van der Waals surface area (Å²) in [5.74, 6) is -1.20. The molecule has 3 aromatic rings. The molecule has 1 saturated heterocycles. The number of aromatic amines is 1. The molecule has 0 radical (unpaired) electrons. The fourth-order valence-electron chi connectivity index (χ4n) is 4.05. The van der Waals surface area contributed by atoms with Crippen molar-refractivity contribution in [1.82, 2.24) is 9.97 Å². The van der Waals surface area contributed by atoms with Crippen molar-refractivity contribution in [3.8, 4) is 5.75 Å². The van der Waals surface area contributed by atoms with E-state index in [1.54, 1.807) is 31.5 Å². The van der Waals surface area contributed by atoms with Crippen molar-refractivity contribution in [1.29, 1.82) is 0 Å². The van der Waals surface area contributed by atoms with Gasteiger partial charge in [0.2, 0.25) is 5.91 Å². The minimum atomic E-state index is -0.709. The van der Waals surface area contributed by atoms with Gasteiger partial charge < -0.3 is 14.6 Å². The molecule has 5 nitrogen and oxygen atoms in total. The van der Waals surface area contributed by atoms with Gasteiger partial charge in [0.15, 0.2) is 0 Å². The molecule has 7 heteroatoms. The summed E-state index contributed by atoms with van der Waals surface area (Å²) in [5, 5.41) is 0. The zero-order valence-corrected chi connectivity index (χ0v) is 16.0. The number of benzene rings is 2. The van der Waals surface area contributed by atoms with E-state index < -0.39 is 23.6 Å². The SMILES string of the molecule is C[C@H]1C(=O)N(c2ccc3[nH]cnc3c2)C1c1c(F)cc(OCCC2CC2)cc1F. The van der Waals surface area contributed by atoms with Gasteiger partial charge in [-0.3, -0.25) is 4.79 Å². The van der Waals surface area contributed by atoms with Gasteiger partial charge in [0, 0.05) is 23.4 Å². The summed E-state index contributed by atoms with van der Waals surface area (Å²) in [6.45, 7) is 2.15. The highest BCUT2D eigenvalue weighted by atomic mass is 19.1. The number of aromatic nitrogens is 2. The van der Waals surface area contributed by atoms with Crippen LogP contribution in [0.2, 0.25) is 0 Å². The highest BCUT2D eigenvalue weighted by Crippen LogP contribution is 2.45. The number of anilines is 1. The summed E-state index contributed by atoms with van der Waals surface area (Å²) in [6, 6.07) is 7.02. The first kappa shape index (κ1) is 18.1. The molecule has 29 heavy (non-hydrogen) atoms. The maximum atomic E-state index is 14.9. The molecule has 2 heterocycles. The van der Waals surface area contributed by atoms with E-state index in [9.17, 15) is 13.6 Å². The van der Waals surface area contributed by atoms with Crippen LogP contribution in [-0.4, -0.2) is 22.5 Å². The number of halogens is 2. The fourth-order valence-corrected chi connectivity index (χ4v) is 4.05. The second kappa shape index (κ2) is 6.83. The van der Waals surface area contributed by atoms with E-state index in [1.165, 1.54) is 29.9 Å². The van der Waals surface area contributed by atoms with Crippen LogP contribution in [-0.2, 0) is 4.79 Å². The lowest BCUT2D eigenvalue weighted by Crippen LogP contribution is -2.54. The lowest BCUT2D eigenvalue weighted by molar-refractivity contribution is -0.129. The summed E-state index contributed by atoms with van der Waals surface area (Å²) in [7, 11) is 0. The van der Waals surface area contributed by atoms with Gasteiger partial charge in [-0.15, -0.1) is 0 Å². The van der Waals surface area contributed by atoms with Gasteiger partial charge in [-0.05, 0) is 30.5 Å². The zero-order chi connectivity index (χ0) is 20.1. The second-order valence-electron chi connectivity index (χ2n) is 7.93. The largest absolute Gasteiger partial charge is 0.493 e. The lowest BCUT2D eigenvalue weighted by atomic mass is 9.82. The Morgan fingerprint density at radius 1 is 1.21 bits per heavy atom. The third kappa shape index (κ3) is 3.14. The third-order valence-electron chi connectivity index (χ3n) is 5.90. The normalized spacial score (nSPS) is 21.5. The molecule has 1 N–H and O–H groups in total. The number of nitrogens with one attached hydrogen (secondary N) is 1. The van der Waals surface area contributed by atoms with Crippen LogP contribution in [0.1, 0.15) is 37.8 Å². The van der Waals surface area contributed by atoms with E-state index in [-0.39, 0.29) is 17.2 Å². The summed E-state index contributed by atoms with van der Waals surface area (Å²) in [5.41, 5.74) is 1.99. The molecule has 2 atom stereocenters. The average Bonchev–Trinajstić information content (AvgIpc) is 3.40. The summed E-state index contributed by atoms with van der Waals surface area (Å²) >= 11 is 0. The van der Waals surface area contributed by atoms with E-state index in [1.807, 2.05) is 0 Å². The Morgan fingerprint density at radius 2 is 1.97 bits per heavy atom. The van der Waals surface area contributed by atoms with E-state index in [0.717, 1.165) is 11.9 Å². The van der Waals surface area contributed by atoms with Crippen LogP contribution in [0, 0.1) is 23.5 Å². The first-order valence-electron chi connectivity index (χ1n) is 9.91. The Bertz CT molecular complexity index is 1070. The summed E-state index contributed by atoms with van der Waals surface area (Å²) in [4.78, 5) is 21.2. The number of nitrogens with zero attached hydrogens (tertiary/aromatic N) is 2. The van der Waals surface area contributed by atoms with Gasteiger partial charge >= 0.3 is 0 Å². The van der Waals surface area contributed by atoms with Gasteiger partial charge in [0.25, 0.3) is 0 Å². The molecular formula is C22H21F2N3O2. The van der Waals surface area contributed by atoms with Crippen LogP contribution < -0.4 is 9.64 Å².